The van der Waals surface area contributed by atoms with Crippen LogP contribution in [0.1, 0.15) is 37.1 Å². The van der Waals surface area contributed by atoms with E-state index >= 15 is 0 Å². The standard InChI is InChI=1S/C26H31ClN4O/c1-30(2)22-10-6-18(7-11-22)8-13-25-29-24-15-21(27)9-12-23(24)26(32)31(25)17-20-5-3-4-19(14-20)16-28/h6-13,15,19-20H,3-5,14,16-17,28H2,1-2H3/b13-8+. The van der Waals surface area contributed by atoms with E-state index in [-0.39, 0.29) is 5.56 Å². The third kappa shape index (κ3) is 5.05. The Morgan fingerprint density at radius 3 is 2.59 bits per heavy atom. The summed E-state index contributed by atoms with van der Waals surface area (Å²) in [6.45, 7) is 1.38. The summed E-state index contributed by atoms with van der Waals surface area (Å²) in [5.74, 6) is 1.65. The van der Waals surface area contributed by atoms with Gasteiger partial charge in [-0.05, 0) is 79.6 Å². The van der Waals surface area contributed by atoms with Crippen LogP contribution in [0, 0.1) is 11.8 Å². The van der Waals surface area contributed by atoms with Crippen LogP contribution in [-0.4, -0.2) is 30.2 Å². The van der Waals surface area contributed by atoms with Gasteiger partial charge in [0, 0.05) is 31.4 Å². The monoisotopic (exact) mass is 450 g/mol. The molecule has 1 aliphatic carbocycles. The molecule has 0 bridgehead atoms. The Balaban J connectivity index is 1.71. The number of nitrogens with zero attached hydrogens (tertiary/aromatic N) is 3. The molecule has 6 heteroatoms. The summed E-state index contributed by atoms with van der Waals surface area (Å²) in [5, 5.41) is 1.18. The largest absolute Gasteiger partial charge is 0.378 e. The molecule has 1 saturated carbocycles. The van der Waals surface area contributed by atoms with Crippen molar-refractivity contribution in [2.24, 2.45) is 17.6 Å². The number of rotatable bonds is 6. The molecule has 0 saturated heterocycles. The van der Waals surface area contributed by atoms with Crippen LogP contribution in [0.2, 0.25) is 5.02 Å². The van der Waals surface area contributed by atoms with Crippen molar-refractivity contribution in [3.8, 4) is 0 Å². The van der Waals surface area contributed by atoms with Gasteiger partial charge in [-0.3, -0.25) is 9.36 Å². The second-order valence-electron chi connectivity index (χ2n) is 9.00. The third-order valence-corrected chi connectivity index (χ3v) is 6.68. The topological polar surface area (TPSA) is 64.2 Å². The van der Waals surface area contributed by atoms with Crippen molar-refractivity contribution in [3.63, 3.8) is 0 Å². The fourth-order valence-corrected chi connectivity index (χ4v) is 4.78. The van der Waals surface area contributed by atoms with E-state index in [9.17, 15) is 4.79 Å². The zero-order chi connectivity index (χ0) is 22.7. The van der Waals surface area contributed by atoms with Crippen LogP contribution in [0.3, 0.4) is 0 Å². The van der Waals surface area contributed by atoms with Crippen LogP contribution < -0.4 is 16.2 Å². The number of halogens is 1. The van der Waals surface area contributed by atoms with Gasteiger partial charge in [0.2, 0.25) is 0 Å². The first-order valence-corrected chi connectivity index (χ1v) is 11.7. The summed E-state index contributed by atoms with van der Waals surface area (Å²) >= 11 is 6.18. The predicted molar refractivity (Wildman–Crippen MR) is 135 cm³/mol. The average molecular weight is 451 g/mol. The van der Waals surface area contributed by atoms with E-state index in [1.165, 1.54) is 12.8 Å². The zero-order valence-corrected chi connectivity index (χ0v) is 19.6. The highest BCUT2D eigenvalue weighted by atomic mass is 35.5. The maximum Gasteiger partial charge on any atom is 0.261 e. The summed E-state index contributed by atoms with van der Waals surface area (Å²) in [6, 6.07) is 13.6. The highest BCUT2D eigenvalue weighted by Crippen LogP contribution is 2.30. The van der Waals surface area contributed by atoms with Gasteiger partial charge in [-0.2, -0.15) is 0 Å². The SMILES string of the molecule is CN(C)c1ccc(/C=C/c2nc3cc(Cl)ccc3c(=O)n2CC2CCCC(CN)C2)cc1. The van der Waals surface area contributed by atoms with E-state index in [0.29, 0.717) is 40.1 Å². The van der Waals surface area contributed by atoms with E-state index in [1.54, 1.807) is 18.2 Å². The van der Waals surface area contributed by atoms with Gasteiger partial charge in [0.25, 0.3) is 5.56 Å². The summed E-state index contributed by atoms with van der Waals surface area (Å²) in [6.07, 6.45) is 8.49. The molecule has 1 heterocycles. The highest BCUT2D eigenvalue weighted by Gasteiger charge is 2.23. The minimum atomic E-state index is -0.0101. The van der Waals surface area contributed by atoms with Crippen molar-refractivity contribution in [1.29, 1.82) is 0 Å². The fourth-order valence-electron chi connectivity index (χ4n) is 4.61. The van der Waals surface area contributed by atoms with Gasteiger partial charge in [-0.1, -0.05) is 36.2 Å². The maximum absolute atomic E-state index is 13.4. The number of nitrogens with two attached hydrogens (primary N) is 1. The number of hydrogen-bond acceptors (Lipinski definition) is 4. The highest BCUT2D eigenvalue weighted by molar-refractivity contribution is 6.31. The quantitative estimate of drug-likeness (QED) is 0.570. The third-order valence-electron chi connectivity index (χ3n) is 6.45. The molecule has 4 rings (SSSR count). The second kappa shape index (κ2) is 9.88. The second-order valence-corrected chi connectivity index (χ2v) is 9.44. The molecule has 168 valence electrons. The van der Waals surface area contributed by atoms with Crippen molar-refractivity contribution in [2.75, 3.05) is 25.5 Å². The van der Waals surface area contributed by atoms with Gasteiger partial charge in [-0.15, -0.1) is 0 Å². The van der Waals surface area contributed by atoms with Gasteiger partial charge in [0.1, 0.15) is 5.82 Å². The maximum atomic E-state index is 13.4. The van der Waals surface area contributed by atoms with Crippen molar-refractivity contribution in [1.82, 2.24) is 9.55 Å². The van der Waals surface area contributed by atoms with Crippen LogP contribution in [0.5, 0.6) is 0 Å². The minimum Gasteiger partial charge on any atom is -0.378 e. The van der Waals surface area contributed by atoms with E-state index < -0.39 is 0 Å². The number of hydrogen-bond donors (Lipinski definition) is 1. The molecule has 2 atom stereocenters. The van der Waals surface area contributed by atoms with Gasteiger partial charge >= 0.3 is 0 Å². The molecule has 0 radical (unpaired) electrons. The molecule has 1 fully saturated rings. The molecule has 3 aromatic rings. The van der Waals surface area contributed by atoms with Crippen molar-refractivity contribution in [3.05, 3.63) is 69.2 Å². The van der Waals surface area contributed by atoms with Crippen LogP contribution in [0.4, 0.5) is 5.69 Å². The number of anilines is 1. The van der Waals surface area contributed by atoms with Crippen LogP contribution in [0.25, 0.3) is 23.1 Å². The molecule has 1 aliphatic rings. The predicted octanol–water partition coefficient (Wildman–Crippen LogP) is 5.05. The molecule has 1 aromatic heterocycles. The first-order chi connectivity index (χ1) is 15.4. The van der Waals surface area contributed by atoms with Gasteiger partial charge in [-0.25, -0.2) is 4.98 Å². The first kappa shape index (κ1) is 22.6. The minimum absolute atomic E-state index is 0.0101. The molecule has 5 nitrogen and oxygen atoms in total. The number of aromatic nitrogens is 2. The van der Waals surface area contributed by atoms with Crippen LogP contribution in [0.15, 0.2) is 47.3 Å². The fraction of sp³-hybridized carbons (Fsp3) is 0.385. The molecule has 2 N–H and O–H groups in total. The van der Waals surface area contributed by atoms with Gasteiger partial charge in [0.15, 0.2) is 0 Å². The average Bonchev–Trinajstić information content (AvgIpc) is 2.80. The lowest BCUT2D eigenvalue weighted by molar-refractivity contribution is 0.245. The molecular formula is C26H31ClN4O. The van der Waals surface area contributed by atoms with E-state index in [0.717, 1.165) is 30.6 Å². The molecule has 0 spiro atoms. The lowest BCUT2D eigenvalue weighted by Gasteiger charge is -2.29. The Hall–Kier alpha value is -2.63. The zero-order valence-electron chi connectivity index (χ0n) is 18.8. The van der Waals surface area contributed by atoms with Crippen molar-refractivity contribution < 1.29 is 0 Å². The summed E-state index contributed by atoms with van der Waals surface area (Å²) in [7, 11) is 4.04. The molecule has 32 heavy (non-hydrogen) atoms. The Labute approximate surface area is 194 Å². The smallest absolute Gasteiger partial charge is 0.261 e. The number of benzene rings is 2. The summed E-state index contributed by atoms with van der Waals surface area (Å²) in [4.78, 5) is 20.3. The van der Waals surface area contributed by atoms with Crippen LogP contribution in [-0.2, 0) is 6.54 Å². The first-order valence-electron chi connectivity index (χ1n) is 11.3. The number of fused-ring (bicyclic) bond motifs is 1. The van der Waals surface area contributed by atoms with E-state index in [2.05, 4.69) is 29.2 Å². The lowest BCUT2D eigenvalue weighted by Crippen LogP contribution is -2.31. The van der Waals surface area contributed by atoms with Crippen molar-refractivity contribution >= 4 is 40.3 Å². The molecule has 0 aliphatic heterocycles. The Morgan fingerprint density at radius 1 is 1.12 bits per heavy atom. The Morgan fingerprint density at radius 2 is 1.88 bits per heavy atom. The molecule has 2 unspecified atom stereocenters. The van der Waals surface area contributed by atoms with Gasteiger partial charge in [0.05, 0.1) is 10.9 Å². The molecule has 2 aromatic carbocycles. The van der Waals surface area contributed by atoms with Crippen LogP contribution >= 0.6 is 11.6 Å². The Bertz CT molecular complexity index is 1170. The Kier molecular flexibility index (Phi) is 6.97. The van der Waals surface area contributed by atoms with Crippen molar-refractivity contribution in [2.45, 2.75) is 32.2 Å². The summed E-state index contributed by atoms with van der Waals surface area (Å²) < 4.78 is 1.84. The van der Waals surface area contributed by atoms with Gasteiger partial charge < -0.3 is 10.6 Å². The lowest BCUT2D eigenvalue weighted by atomic mass is 9.81. The van der Waals surface area contributed by atoms with E-state index in [1.807, 2.05) is 30.8 Å². The molecule has 0 amide bonds. The molecular weight excluding hydrogens is 420 g/mol. The normalized spacial score (nSPS) is 19.0. The van der Waals surface area contributed by atoms with E-state index in [4.69, 9.17) is 22.3 Å². The summed E-state index contributed by atoms with van der Waals surface area (Å²) in [5.41, 5.74) is 8.76.